The summed E-state index contributed by atoms with van der Waals surface area (Å²) in [6.07, 6.45) is 1.18. The van der Waals surface area contributed by atoms with Gasteiger partial charge in [-0.1, -0.05) is 19.1 Å². The van der Waals surface area contributed by atoms with Crippen LogP contribution in [0, 0.1) is 0 Å². The van der Waals surface area contributed by atoms with Crippen LogP contribution in [-0.2, 0) is 6.54 Å². The van der Waals surface area contributed by atoms with Gasteiger partial charge in [-0.05, 0) is 43.8 Å². The Balaban J connectivity index is -0.000000963. The zero-order valence-corrected chi connectivity index (χ0v) is 15.0. The molecular weight excluding hydrogens is 317 g/mol. The van der Waals surface area contributed by atoms with Gasteiger partial charge in [-0.15, -0.1) is 37.2 Å². The zero-order valence-electron chi connectivity index (χ0n) is 12.5. The van der Waals surface area contributed by atoms with Gasteiger partial charge in [0.1, 0.15) is 0 Å². The van der Waals surface area contributed by atoms with E-state index in [0.717, 1.165) is 26.2 Å². The van der Waals surface area contributed by atoms with Crippen molar-refractivity contribution in [1.82, 2.24) is 10.6 Å². The molecule has 1 aromatic carbocycles. The summed E-state index contributed by atoms with van der Waals surface area (Å²) in [4.78, 5) is 2.12. The predicted molar refractivity (Wildman–Crippen MR) is 97.4 cm³/mol. The summed E-state index contributed by atoms with van der Waals surface area (Å²) in [7, 11) is 4.13. The van der Waals surface area contributed by atoms with Gasteiger partial charge in [-0.25, -0.2) is 0 Å². The third kappa shape index (κ3) is 10.6. The molecule has 0 spiro atoms. The van der Waals surface area contributed by atoms with Crippen molar-refractivity contribution in [2.24, 2.45) is 0 Å². The number of halogens is 3. The SMILES string of the molecule is CCNCCCNCc1ccc(N(C)C)cc1.Cl.Cl.Cl. The first kappa shape index (κ1) is 24.8. The van der Waals surface area contributed by atoms with Crippen LogP contribution in [0.5, 0.6) is 0 Å². The molecule has 0 amide bonds. The van der Waals surface area contributed by atoms with Crippen LogP contribution < -0.4 is 15.5 Å². The van der Waals surface area contributed by atoms with Gasteiger partial charge in [0.25, 0.3) is 0 Å². The molecule has 120 valence electrons. The Kier molecular flexibility index (Phi) is 18.9. The minimum absolute atomic E-state index is 0. The maximum absolute atomic E-state index is 3.46. The Hall–Kier alpha value is -0.190. The second kappa shape index (κ2) is 15.2. The van der Waals surface area contributed by atoms with Gasteiger partial charge in [0.05, 0.1) is 0 Å². The predicted octanol–water partition coefficient (Wildman–Crippen LogP) is 3.11. The highest BCUT2D eigenvalue weighted by molar-refractivity contribution is 5.86. The van der Waals surface area contributed by atoms with Crippen LogP contribution in [0.3, 0.4) is 0 Å². The molecule has 0 heterocycles. The molecule has 2 N–H and O–H groups in total. The van der Waals surface area contributed by atoms with E-state index in [1.54, 1.807) is 0 Å². The number of rotatable bonds is 8. The standard InChI is InChI=1S/C14H25N3.3ClH/c1-4-15-10-5-11-16-12-13-6-8-14(9-7-13)17(2)3;;;/h6-9,15-16H,4-5,10-12H2,1-3H3;3*1H. The lowest BCUT2D eigenvalue weighted by Gasteiger charge is -2.12. The van der Waals surface area contributed by atoms with Crippen LogP contribution in [0.1, 0.15) is 18.9 Å². The van der Waals surface area contributed by atoms with E-state index in [9.17, 15) is 0 Å². The zero-order chi connectivity index (χ0) is 12.5. The van der Waals surface area contributed by atoms with Crippen molar-refractivity contribution < 1.29 is 0 Å². The fraction of sp³-hybridized carbons (Fsp3) is 0.571. The molecule has 0 aliphatic rings. The number of nitrogens with zero attached hydrogens (tertiary/aromatic N) is 1. The summed E-state index contributed by atoms with van der Waals surface area (Å²) in [5.74, 6) is 0. The van der Waals surface area contributed by atoms with Gasteiger partial charge >= 0.3 is 0 Å². The average molecular weight is 345 g/mol. The highest BCUT2D eigenvalue weighted by Gasteiger charge is 1.95. The van der Waals surface area contributed by atoms with Gasteiger partial charge in [-0.3, -0.25) is 0 Å². The minimum atomic E-state index is 0. The van der Waals surface area contributed by atoms with Crippen LogP contribution >= 0.6 is 37.2 Å². The van der Waals surface area contributed by atoms with Gasteiger partial charge in [0, 0.05) is 26.3 Å². The molecule has 6 heteroatoms. The maximum Gasteiger partial charge on any atom is 0.0361 e. The molecule has 0 saturated carbocycles. The maximum atomic E-state index is 3.46. The third-order valence-electron chi connectivity index (χ3n) is 2.74. The number of hydrogen-bond donors (Lipinski definition) is 2. The van der Waals surface area contributed by atoms with Crippen LogP contribution in [0.25, 0.3) is 0 Å². The lowest BCUT2D eigenvalue weighted by Crippen LogP contribution is -2.21. The molecule has 1 rings (SSSR count). The molecule has 20 heavy (non-hydrogen) atoms. The number of hydrogen-bond acceptors (Lipinski definition) is 3. The topological polar surface area (TPSA) is 27.3 Å². The smallest absolute Gasteiger partial charge is 0.0361 e. The molecule has 0 aliphatic heterocycles. The molecule has 0 aromatic heterocycles. The van der Waals surface area contributed by atoms with E-state index < -0.39 is 0 Å². The molecule has 0 bridgehead atoms. The first-order valence-electron chi connectivity index (χ1n) is 6.41. The second-order valence-corrected chi connectivity index (χ2v) is 4.44. The normalized spacial score (nSPS) is 8.95. The van der Waals surface area contributed by atoms with E-state index in [2.05, 4.69) is 60.8 Å². The molecule has 3 nitrogen and oxygen atoms in total. The van der Waals surface area contributed by atoms with E-state index >= 15 is 0 Å². The lowest BCUT2D eigenvalue weighted by atomic mass is 10.2. The largest absolute Gasteiger partial charge is 0.378 e. The van der Waals surface area contributed by atoms with Crippen molar-refractivity contribution >= 4 is 42.9 Å². The summed E-state index contributed by atoms with van der Waals surface area (Å²) >= 11 is 0. The molecule has 0 fully saturated rings. The van der Waals surface area contributed by atoms with Crippen molar-refractivity contribution in [2.75, 3.05) is 38.6 Å². The highest BCUT2D eigenvalue weighted by atomic mass is 35.5. The highest BCUT2D eigenvalue weighted by Crippen LogP contribution is 2.11. The summed E-state index contributed by atoms with van der Waals surface area (Å²) in [6.45, 7) is 6.33. The van der Waals surface area contributed by atoms with Crippen molar-refractivity contribution in [1.29, 1.82) is 0 Å². The molecule has 0 aliphatic carbocycles. The van der Waals surface area contributed by atoms with E-state index in [1.807, 2.05) is 0 Å². The molecule has 0 saturated heterocycles. The van der Waals surface area contributed by atoms with E-state index in [-0.39, 0.29) is 37.2 Å². The van der Waals surface area contributed by atoms with Crippen molar-refractivity contribution in [2.45, 2.75) is 19.9 Å². The van der Waals surface area contributed by atoms with E-state index in [0.29, 0.717) is 0 Å². The summed E-state index contributed by atoms with van der Waals surface area (Å²) in [6, 6.07) is 8.70. The summed E-state index contributed by atoms with van der Waals surface area (Å²) in [5.41, 5.74) is 2.60. The van der Waals surface area contributed by atoms with Gasteiger partial charge in [-0.2, -0.15) is 0 Å². The molecule has 1 aromatic rings. The molecule has 0 atom stereocenters. The van der Waals surface area contributed by atoms with Gasteiger partial charge in [0.15, 0.2) is 0 Å². The van der Waals surface area contributed by atoms with Crippen LogP contribution in [0.4, 0.5) is 5.69 Å². The Morgan fingerprint density at radius 2 is 1.45 bits per heavy atom. The number of benzene rings is 1. The third-order valence-corrected chi connectivity index (χ3v) is 2.74. The Morgan fingerprint density at radius 3 is 1.95 bits per heavy atom. The average Bonchev–Trinajstić information content (AvgIpc) is 2.34. The van der Waals surface area contributed by atoms with E-state index in [1.165, 1.54) is 17.7 Å². The first-order valence-corrected chi connectivity index (χ1v) is 6.41. The van der Waals surface area contributed by atoms with E-state index in [4.69, 9.17) is 0 Å². The summed E-state index contributed by atoms with van der Waals surface area (Å²) in [5, 5.41) is 6.78. The molecular formula is C14H28Cl3N3. The summed E-state index contributed by atoms with van der Waals surface area (Å²) < 4.78 is 0. The minimum Gasteiger partial charge on any atom is -0.378 e. The quantitative estimate of drug-likeness (QED) is 0.710. The van der Waals surface area contributed by atoms with Gasteiger partial charge < -0.3 is 15.5 Å². The van der Waals surface area contributed by atoms with Crippen LogP contribution in [0.15, 0.2) is 24.3 Å². The van der Waals surface area contributed by atoms with Gasteiger partial charge in [0.2, 0.25) is 0 Å². The molecule has 0 radical (unpaired) electrons. The monoisotopic (exact) mass is 343 g/mol. The van der Waals surface area contributed by atoms with Crippen LogP contribution in [0.2, 0.25) is 0 Å². The molecule has 0 unspecified atom stereocenters. The Bertz CT molecular complexity index is 305. The van der Waals surface area contributed by atoms with Crippen molar-refractivity contribution in [3.8, 4) is 0 Å². The second-order valence-electron chi connectivity index (χ2n) is 4.44. The number of anilines is 1. The van der Waals surface area contributed by atoms with Crippen LogP contribution in [-0.4, -0.2) is 33.7 Å². The Morgan fingerprint density at radius 1 is 0.900 bits per heavy atom. The van der Waals surface area contributed by atoms with Crippen molar-refractivity contribution in [3.05, 3.63) is 29.8 Å². The lowest BCUT2D eigenvalue weighted by molar-refractivity contribution is 0.606. The fourth-order valence-corrected chi connectivity index (χ4v) is 1.66. The Labute approximate surface area is 142 Å². The first-order chi connectivity index (χ1) is 8.24. The number of nitrogens with one attached hydrogen (secondary N) is 2. The fourth-order valence-electron chi connectivity index (χ4n) is 1.66. The van der Waals surface area contributed by atoms with Crippen molar-refractivity contribution in [3.63, 3.8) is 0 Å².